The molecular formula is C13H21NO2. The molecule has 1 aromatic carbocycles. The summed E-state index contributed by atoms with van der Waals surface area (Å²) in [6.45, 7) is 5.29. The lowest BCUT2D eigenvalue weighted by molar-refractivity contribution is 0.169. The van der Waals surface area contributed by atoms with E-state index in [1.807, 2.05) is 24.3 Å². The third-order valence-electron chi connectivity index (χ3n) is 2.37. The summed E-state index contributed by atoms with van der Waals surface area (Å²) in [4.78, 5) is 0. The molecule has 1 atom stereocenters. The molecule has 16 heavy (non-hydrogen) atoms. The average molecular weight is 223 g/mol. The van der Waals surface area contributed by atoms with Crippen molar-refractivity contribution in [2.24, 2.45) is 0 Å². The lowest BCUT2D eigenvalue weighted by atomic mass is 10.1. The number of rotatable bonds is 6. The number of hydrogen-bond donors (Lipinski definition) is 2. The fourth-order valence-corrected chi connectivity index (χ4v) is 1.52. The predicted molar refractivity (Wildman–Crippen MR) is 65.3 cm³/mol. The SMILES string of the molecule is COCc1cccc(C(O)CNC(C)C)c1. The Morgan fingerprint density at radius 3 is 2.75 bits per heavy atom. The molecular weight excluding hydrogens is 202 g/mol. The summed E-state index contributed by atoms with van der Waals surface area (Å²) < 4.78 is 5.06. The molecule has 0 radical (unpaired) electrons. The molecule has 0 spiro atoms. The molecule has 0 saturated heterocycles. The van der Waals surface area contributed by atoms with Crippen molar-refractivity contribution < 1.29 is 9.84 Å². The zero-order valence-corrected chi connectivity index (χ0v) is 10.2. The maximum Gasteiger partial charge on any atom is 0.0914 e. The first kappa shape index (κ1) is 13.2. The van der Waals surface area contributed by atoms with Crippen molar-refractivity contribution in [3.63, 3.8) is 0 Å². The van der Waals surface area contributed by atoms with Crippen LogP contribution in [0.25, 0.3) is 0 Å². The van der Waals surface area contributed by atoms with Crippen LogP contribution in [0.3, 0.4) is 0 Å². The molecule has 3 nitrogen and oxygen atoms in total. The summed E-state index contributed by atoms with van der Waals surface area (Å²) in [5.41, 5.74) is 2.02. The fourth-order valence-electron chi connectivity index (χ4n) is 1.52. The van der Waals surface area contributed by atoms with Gasteiger partial charge in [0.15, 0.2) is 0 Å². The highest BCUT2D eigenvalue weighted by atomic mass is 16.5. The van der Waals surface area contributed by atoms with Crippen LogP contribution in [0.4, 0.5) is 0 Å². The molecule has 0 aromatic heterocycles. The van der Waals surface area contributed by atoms with Gasteiger partial charge in [-0.05, 0) is 11.1 Å². The van der Waals surface area contributed by atoms with E-state index >= 15 is 0 Å². The molecule has 0 amide bonds. The Balaban J connectivity index is 2.60. The highest BCUT2D eigenvalue weighted by molar-refractivity contribution is 5.24. The van der Waals surface area contributed by atoms with Crippen LogP contribution in [0.15, 0.2) is 24.3 Å². The molecule has 0 aliphatic carbocycles. The van der Waals surface area contributed by atoms with E-state index in [0.29, 0.717) is 19.2 Å². The van der Waals surface area contributed by atoms with E-state index in [2.05, 4.69) is 19.2 Å². The molecule has 1 aromatic rings. The van der Waals surface area contributed by atoms with Crippen LogP contribution in [-0.4, -0.2) is 24.8 Å². The molecule has 0 aliphatic rings. The second-order valence-corrected chi connectivity index (χ2v) is 4.26. The van der Waals surface area contributed by atoms with Crippen molar-refractivity contribution in [1.82, 2.24) is 5.32 Å². The van der Waals surface area contributed by atoms with E-state index in [4.69, 9.17) is 4.74 Å². The fraction of sp³-hybridized carbons (Fsp3) is 0.538. The quantitative estimate of drug-likeness (QED) is 0.773. The van der Waals surface area contributed by atoms with Gasteiger partial charge in [0, 0.05) is 19.7 Å². The minimum atomic E-state index is -0.459. The van der Waals surface area contributed by atoms with E-state index < -0.39 is 6.10 Å². The molecule has 3 heteroatoms. The Labute approximate surface area is 97.4 Å². The van der Waals surface area contributed by atoms with Gasteiger partial charge < -0.3 is 15.2 Å². The Bertz CT molecular complexity index is 313. The van der Waals surface area contributed by atoms with E-state index in [0.717, 1.165) is 11.1 Å². The van der Waals surface area contributed by atoms with Crippen LogP contribution in [0.2, 0.25) is 0 Å². The number of aliphatic hydroxyl groups is 1. The largest absolute Gasteiger partial charge is 0.387 e. The summed E-state index contributed by atoms with van der Waals surface area (Å²) in [6.07, 6.45) is -0.459. The summed E-state index contributed by atoms with van der Waals surface area (Å²) in [5.74, 6) is 0. The number of aliphatic hydroxyl groups excluding tert-OH is 1. The molecule has 0 heterocycles. The molecule has 2 N–H and O–H groups in total. The number of benzene rings is 1. The molecule has 0 bridgehead atoms. The zero-order chi connectivity index (χ0) is 12.0. The van der Waals surface area contributed by atoms with Crippen LogP contribution < -0.4 is 5.32 Å². The van der Waals surface area contributed by atoms with Crippen LogP contribution in [0.1, 0.15) is 31.1 Å². The van der Waals surface area contributed by atoms with Gasteiger partial charge in [-0.3, -0.25) is 0 Å². The van der Waals surface area contributed by atoms with Gasteiger partial charge in [-0.25, -0.2) is 0 Å². The first-order valence-corrected chi connectivity index (χ1v) is 5.62. The Morgan fingerprint density at radius 1 is 1.38 bits per heavy atom. The minimum absolute atomic E-state index is 0.386. The molecule has 0 fully saturated rings. The number of ether oxygens (including phenoxy) is 1. The summed E-state index contributed by atoms with van der Waals surface area (Å²) in [5, 5.41) is 13.2. The van der Waals surface area contributed by atoms with E-state index in [9.17, 15) is 5.11 Å². The second-order valence-electron chi connectivity index (χ2n) is 4.26. The summed E-state index contributed by atoms with van der Waals surface area (Å²) in [6, 6.07) is 8.25. The van der Waals surface area contributed by atoms with Crippen molar-refractivity contribution in [3.8, 4) is 0 Å². The topological polar surface area (TPSA) is 41.5 Å². The normalized spacial score (nSPS) is 13.1. The second kappa shape index (κ2) is 6.63. The van der Waals surface area contributed by atoms with Crippen molar-refractivity contribution in [3.05, 3.63) is 35.4 Å². The maximum absolute atomic E-state index is 9.96. The molecule has 0 aliphatic heterocycles. The van der Waals surface area contributed by atoms with Gasteiger partial charge in [-0.2, -0.15) is 0 Å². The van der Waals surface area contributed by atoms with Crippen molar-refractivity contribution in [2.45, 2.75) is 32.6 Å². The van der Waals surface area contributed by atoms with Crippen LogP contribution in [0, 0.1) is 0 Å². The van der Waals surface area contributed by atoms with Crippen LogP contribution >= 0.6 is 0 Å². The van der Waals surface area contributed by atoms with Crippen LogP contribution in [0.5, 0.6) is 0 Å². The number of nitrogens with one attached hydrogen (secondary N) is 1. The van der Waals surface area contributed by atoms with Gasteiger partial charge in [-0.15, -0.1) is 0 Å². The lowest BCUT2D eigenvalue weighted by Crippen LogP contribution is -2.27. The third kappa shape index (κ3) is 4.31. The van der Waals surface area contributed by atoms with Gasteiger partial charge in [-0.1, -0.05) is 38.1 Å². The smallest absolute Gasteiger partial charge is 0.0914 e. The van der Waals surface area contributed by atoms with Gasteiger partial charge in [0.05, 0.1) is 12.7 Å². The van der Waals surface area contributed by atoms with Crippen molar-refractivity contribution in [2.75, 3.05) is 13.7 Å². The maximum atomic E-state index is 9.96. The Morgan fingerprint density at radius 2 is 2.12 bits per heavy atom. The van der Waals surface area contributed by atoms with Gasteiger partial charge in [0.25, 0.3) is 0 Å². The van der Waals surface area contributed by atoms with E-state index in [-0.39, 0.29) is 0 Å². The van der Waals surface area contributed by atoms with Gasteiger partial charge >= 0.3 is 0 Å². The van der Waals surface area contributed by atoms with E-state index in [1.165, 1.54) is 0 Å². The van der Waals surface area contributed by atoms with Crippen LogP contribution in [-0.2, 0) is 11.3 Å². The third-order valence-corrected chi connectivity index (χ3v) is 2.37. The molecule has 1 rings (SSSR count). The standard InChI is InChI=1S/C13H21NO2/c1-10(2)14-8-13(15)12-6-4-5-11(7-12)9-16-3/h4-7,10,13-15H,8-9H2,1-3H3. The van der Waals surface area contributed by atoms with Gasteiger partial charge in [0.2, 0.25) is 0 Å². The van der Waals surface area contributed by atoms with Crippen molar-refractivity contribution in [1.29, 1.82) is 0 Å². The minimum Gasteiger partial charge on any atom is -0.387 e. The highest BCUT2D eigenvalue weighted by Gasteiger charge is 2.08. The molecule has 1 unspecified atom stereocenters. The average Bonchev–Trinajstić information content (AvgIpc) is 2.26. The zero-order valence-electron chi connectivity index (χ0n) is 10.2. The first-order chi connectivity index (χ1) is 7.63. The Kier molecular flexibility index (Phi) is 5.46. The van der Waals surface area contributed by atoms with E-state index in [1.54, 1.807) is 7.11 Å². The monoisotopic (exact) mass is 223 g/mol. The molecule has 90 valence electrons. The highest BCUT2D eigenvalue weighted by Crippen LogP contribution is 2.14. The number of hydrogen-bond acceptors (Lipinski definition) is 3. The molecule has 0 saturated carbocycles. The Hall–Kier alpha value is -0.900. The predicted octanol–water partition coefficient (Wildman–Crippen LogP) is 1.86. The lowest BCUT2D eigenvalue weighted by Gasteiger charge is -2.15. The number of methoxy groups -OCH3 is 1. The first-order valence-electron chi connectivity index (χ1n) is 5.62. The van der Waals surface area contributed by atoms with Gasteiger partial charge in [0.1, 0.15) is 0 Å². The van der Waals surface area contributed by atoms with Crippen molar-refractivity contribution >= 4 is 0 Å². The summed E-state index contributed by atoms with van der Waals surface area (Å²) in [7, 11) is 1.67. The summed E-state index contributed by atoms with van der Waals surface area (Å²) >= 11 is 0.